The predicted octanol–water partition coefficient (Wildman–Crippen LogP) is 15.7. The summed E-state index contributed by atoms with van der Waals surface area (Å²) < 4.78 is 0. The van der Waals surface area contributed by atoms with Crippen LogP contribution < -0.4 is 5.32 Å². The van der Waals surface area contributed by atoms with Gasteiger partial charge in [-0.15, -0.1) is 0 Å². The maximum absolute atomic E-state index is 12.4. The lowest BCUT2D eigenvalue weighted by molar-refractivity contribution is -0.123. The number of allylic oxidation sites excluding steroid dienone is 6. The molecule has 4 heteroatoms. The van der Waals surface area contributed by atoms with Gasteiger partial charge in [0, 0.05) is 6.42 Å². The van der Waals surface area contributed by atoms with Crippen molar-refractivity contribution >= 4 is 5.91 Å². The van der Waals surface area contributed by atoms with Crippen molar-refractivity contribution in [1.29, 1.82) is 0 Å². The standard InChI is InChI=1S/C51H97NO3/c1-3-5-7-9-11-13-15-17-19-21-23-25-27-28-30-32-34-36-38-40-42-44-46-50(54)49(48-53)52-51(55)47-45-43-41-39-37-35-33-31-29-26-24-22-20-18-16-14-12-10-8-6-4-2/h16,18,22,24,29,31,49-50,53-54H,3-15,17,19-21,23,25-28,30,32-48H2,1-2H3,(H,52,55)/b18-16-,24-22-,31-29-. The fraction of sp³-hybridized carbons (Fsp3) is 0.863. The molecule has 4 nitrogen and oxygen atoms in total. The second-order valence-electron chi connectivity index (χ2n) is 16.9. The first-order valence-electron chi connectivity index (χ1n) is 24.7. The molecule has 0 spiro atoms. The minimum Gasteiger partial charge on any atom is -0.394 e. The van der Waals surface area contributed by atoms with E-state index in [0.29, 0.717) is 12.8 Å². The average Bonchev–Trinajstić information content (AvgIpc) is 3.19. The number of hydrogen-bond acceptors (Lipinski definition) is 3. The molecule has 0 aliphatic heterocycles. The largest absolute Gasteiger partial charge is 0.394 e. The Kier molecular flexibility index (Phi) is 45.8. The molecule has 1 amide bonds. The summed E-state index contributed by atoms with van der Waals surface area (Å²) in [6.45, 7) is 4.36. The number of rotatable bonds is 45. The summed E-state index contributed by atoms with van der Waals surface area (Å²) in [7, 11) is 0. The molecule has 0 aromatic carbocycles. The highest BCUT2D eigenvalue weighted by atomic mass is 16.3. The van der Waals surface area contributed by atoms with E-state index in [-0.39, 0.29) is 12.5 Å². The molecule has 0 aliphatic rings. The van der Waals surface area contributed by atoms with Crippen LogP contribution in [0.25, 0.3) is 0 Å². The van der Waals surface area contributed by atoms with E-state index < -0.39 is 12.1 Å². The van der Waals surface area contributed by atoms with Crippen LogP contribution in [-0.4, -0.2) is 34.9 Å². The van der Waals surface area contributed by atoms with E-state index in [1.54, 1.807) is 0 Å². The molecule has 0 fully saturated rings. The molecule has 3 N–H and O–H groups in total. The van der Waals surface area contributed by atoms with Gasteiger partial charge in [-0.1, -0.05) is 243 Å². The van der Waals surface area contributed by atoms with Gasteiger partial charge >= 0.3 is 0 Å². The zero-order valence-corrected chi connectivity index (χ0v) is 37.2. The highest BCUT2D eigenvalue weighted by molar-refractivity contribution is 5.76. The molecule has 0 heterocycles. The normalized spacial score (nSPS) is 13.2. The first-order valence-corrected chi connectivity index (χ1v) is 24.7. The van der Waals surface area contributed by atoms with Gasteiger partial charge in [0.25, 0.3) is 0 Å². The Hall–Kier alpha value is -1.39. The molecule has 2 atom stereocenters. The summed E-state index contributed by atoms with van der Waals surface area (Å²) in [5.41, 5.74) is 0. The minimum atomic E-state index is -0.666. The topological polar surface area (TPSA) is 69.6 Å². The van der Waals surface area contributed by atoms with Crippen molar-refractivity contribution in [2.24, 2.45) is 0 Å². The minimum absolute atomic E-state index is 0.0415. The van der Waals surface area contributed by atoms with Gasteiger partial charge in [0.1, 0.15) is 0 Å². The van der Waals surface area contributed by atoms with Gasteiger partial charge in [-0.25, -0.2) is 0 Å². The van der Waals surface area contributed by atoms with Gasteiger partial charge in [0.2, 0.25) is 5.91 Å². The summed E-state index contributed by atoms with van der Waals surface area (Å²) in [6.07, 6.45) is 62.4. The van der Waals surface area contributed by atoms with E-state index in [1.165, 1.54) is 186 Å². The van der Waals surface area contributed by atoms with Crippen molar-refractivity contribution in [1.82, 2.24) is 5.32 Å². The molecule has 0 rings (SSSR count). The van der Waals surface area contributed by atoms with E-state index in [0.717, 1.165) is 51.4 Å². The fourth-order valence-corrected chi connectivity index (χ4v) is 7.60. The van der Waals surface area contributed by atoms with E-state index in [2.05, 4.69) is 55.6 Å². The SMILES string of the molecule is CCCCCCC/C=C\C/C=C\C/C=C\CCCCCCCCC(=O)NC(CO)C(O)CCCCCCCCCCCCCCCCCCCCCCCC. The zero-order chi connectivity index (χ0) is 40.0. The van der Waals surface area contributed by atoms with E-state index in [4.69, 9.17) is 0 Å². The van der Waals surface area contributed by atoms with Crippen LogP contribution >= 0.6 is 0 Å². The molecule has 0 aromatic rings. The summed E-state index contributed by atoms with van der Waals surface area (Å²) in [6, 6.07) is -0.544. The van der Waals surface area contributed by atoms with Crippen LogP contribution in [0.5, 0.6) is 0 Å². The Morgan fingerprint density at radius 3 is 1.11 bits per heavy atom. The maximum Gasteiger partial charge on any atom is 0.220 e. The third kappa shape index (κ3) is 43.6. The van der Waals surface area contributed by atoms with E-state index >= 15 is 0 Å². The number of aliphatic hydroxyl groups excluding tert-OH is 2. The highest BCUT2D eigenvalue weighted by Gasteiger charge is 2.20. The zero-order valence-electron chi connectivity index (χ0n) is 37.2. The smallest absolute Gasteiger partial charge is 0.220 e. The van der Waals surface area contributed by atoms with Gasteiger partial charge in [0.15, 0.2) is 0 Å². The van der Waals surface area contributed by atoms with Crippen molar-refractivity contribution in [3.05, 3.63) is 36.5 Å². The first-order chi connectivity index (χ1) is 27.2. The molecule has 0 aromatic heterocycles. The molecule has 0 saturated heterocycles. The first kappa shape index (κ1) is 53.6. The Bertz CT molecular complexity index is 836. The maximum atomic E-state index is 12.4. The van der Waals surface area contributed by atoms with Crippen molar-refractivity contribution in [3.8, 4) is 0 Å². The number of unbranched alkanes of at least 4 members (excludes halogenated alkanes) is 32. The number of aliphatic hydroxyl groups is 2. The van der Waals surface area contributed by atoms with Gasteiger partial charge in [-0.2, -0.15) is 0 Å². The number of hydrogen-bond donors (Lipinski definition) is 3. The molecule has 0 aliphatic carbocycles. The predicted molar refractivity (Wildman–Crippen MR) is 244 cm³/mol. The number of carbonyl (C=O) groups excluding carboxylic acids is 1. The monoisotopic (exact) mass is 772 g/mol. The number of amides is 1. The van der Waals surface area contributed by atoms with E-state index in [9.17, 15) is 15.0 Å². The second kappa shape index (κ2) is 47.0. The van der Waals surface area contributed by atoms with Crippen LogP contribution in [0.1, 0.15) is 264 Å². The Morgan fingerprint density at radius 1 is 0.436 bits per heavy atom. The van der Waals surface area contributed by atoms with Gasteiger partial charge < -0.3 is 15.5 Å². The fourth-order valence-electron chi connectivity index (χ4n) is 7.60. The van der Waals surface area contributed by atoms with Crippen LogP contribution in [-0.2, 0) is 4.79 Å². The summed E-state index contributed by atoms with van der Waals surface area (Å²) >= 11 is 0. The van der Waals surface area contributed by atoms with Crippen LogP contribution in [0.3, 0.4) is 0 Å². The van der Waals surface area contributed by atoms with Crippen molar-refractivity contribution in [2.45, 2.75) is 276 Å². The lowest BCUT2D eigenvalue weighted by Gasteiger charge is -2.22. The number of carbonyl (C=O) groups is 1. The van der Waals surface area contributed by atoms with Crippen molar-refractivity contribution in [3.63, 3.8) is 0 Å². The third-order valence-corrected chi connectivity index (χ3v) is 11.4. The van der Waals surface area contributed by atoms with Crippen LogP contribution in [0.4, 0.5) is 0 Å². The molecule has 55 heavy (non-hydrogen) atoms. The summed E-state index contributed by atoms with van der Waals surface area (Å²) in [4.78, 5) is 12.4. The Balaban J connectivity index is 3.52. The average molecular weight is 772 g/mol. The van der Waals surface area contributed by atoms with Crippen molar-refractivity contribution in [2.75, 3.05) is 6.61 Å². The van der Waals surface area contributed by atoms with Gasteiger partial charge in [-0.3, -0.25) is 4.79 Å². The Labute approximate surface area is 344 Å². The molecule has 0 bridgehead atoms. The molecular formula is C51H97NO3. The van der Waals surface area contributed by atoms with Gasteiger partial charge in [-0.05, 0) is 51.4 Å². The van der Waals surface area contributed by atoms with Gasteiger partial charge in [0.05, 0.1) is 18.8 Å². The molecule has 2 unspecified atom stereocenters. The lowest BCUT2D eigenvalue weighted by atomic mass is 10.0. The molecule has 324 valence electrons. The highest BCUT2D eigenvalue weighted by Crippen LogP contribution is 2.17. The Morgan fingerprint density at radius 2 is 0.745 bits per heavy atom. The summed E-state index contributed by atoms with van der Waals surface area (Å²) in [5, 5.41) is 23.3. The van der Waals surface area contributed by atoms with Crippen molar-refractivity contribution < 1.29 is 15.0 Å². The van der Waals surface area contributed by atoms with Crippen LogP contribution in [0.2, 0.25) is 0 Å². The molecule has 0 radical (unpaired) electrons. The third-order valence-electron chi connectivity index (χ3n) is 11.4. The van der Waals surface area contributed by atoms with Crippen LogP contribution in [0, 0.1) is 0 Å². The summed E-state index contributed by atoms with van der Waals surface area (Å²) in [5.74, 6) is -0.0415. The molecular weight excluding hydrogens is 675 g/mol. The van der Waals surface area contributed by atoms with E-state index in [1.807, 2.05) is 0 Å². The lowest BCUT2D eigenvalue weighted by Crippen LogP contribution is -2.45. The second-order valence-corrected chi connectivity index (χ2v) is 16.9. The number of nitrogens with one attached hydrogen (secondary N) is 1. The quantitative estimate of drug-likeness (QED) is 0.0426. The molecule has 0 saturated carbocycles. The van der Waals surface area contributed by atoms with Crippen LogP contribution in [0.15, 0.2) is 36.5 Å².